The Morgan fingerprint density at radius 2 is 1.76 bits per heavy atom. The number of nitrogens with one attached hydrogen (secondary N) is 1. The van der Waals surface area contributed by atoms with E-state index < -0.39 is 0 Å². The third kappa shape index (κ3) is 4.98. The predicted octanol–water partition coefficient (Wildman–Crippen LogP) is 3.69. The van der Waals surface area contributed by atoms with Crippen molar-refractivity contribution in [3.05, 3.63) is 34.9 Å². The summed E-state index contributed by atoms with van der Waals surface area (Å²) >= 11 is 0. The molecule has 0 atom stereocenters. The van der Waals surface area contributed by atoms with Gasteiger partial charge in [-0.1, -0.05) is 18.2 Å². The first-order chi connectivity index (χ1) is 9.70. The molecule has 0 bridgehead atoms. The average molecular weight is 309 g/mol. The molecule has 2 fully saturated rings. The smallest absolute Gasteiger partial charge is 0.0233 e. The molecule has 3 rings (SSSR count). The summed E-state index contributed by atoms with van der Waals surface area (Å²) in [5, 5.41) is 3.76. The molecule has 118 valence electrons. The number of nitrogens with zero attached hydrogens (tertiary/aromatic N) is 1. The van der Waals surface area contributed by atoms with Crippen LogP contribution in [0.4, 0.5) is 0 Å². The molecule has 0 unspecified atom stereocenters. The van der Waals surface area contributed by atoms with Gasteiger partial charge in [-0.15, -0.1) is 12.4 Å². The fourth-order valence-corrected chi connectivity index (χ4v) is 3.11. The molecule has 0 aromatic heterocycles. The molecule has 1 heterocycles. The lowest BCUT2D eigenvalue weighted by atomic mass is 10.0. The second-order valence-electron chi connectivity index (χ2n) is 6.82. The molecule has 1 aliphatic heterocycles. The fourth-order valence-electron chi connectivity index (χ4n) is 3.11. The van der Waals surface area contributed by atoms with Gasteiger partial charge in [-0.25, -0.2) is 0 Å². The van der Waals surface area contributed by atoms with Gasteiger partial charge in [0.05, 0.1) is 0 Å². The molecule has 1 aliphatic carbocycles. The summed E-state index contributed by atoms with van der Waals surface area (Å²) in [6.45, 7) is 9.28. The standard InChI is InChI=1S/C18H28N2.ClH/c1-14-3-4-17(11-15(14)2)13-20-9-7-18(8-10-20)19-12-16-5-6-16;/h3-4,11,16,18-19H,5-10,12-13H2,1-2H3;1H. The quantitative estimate of drug-likeness (QED) is 0.892. The van der Waals surface area contributed by atoms with E-state index in [1.165, 1.54) is 62.0 Å². The zero-order chi connectivity index (χ0) is 13.9. The van der Waals surface area contributed by atoms with Gasteiger partial charge in [0, 0.05) is 12.6 Å². The lowest BCUT2D eigenvalue weighted by Gasteiger charge is -2.32. The van der Waals surface area contributed by atoms with Crippen LogP contribution in [-0.4, -0.2) is 30.6 Å². The Hall–Kier alpha value is -0.570. The van der Waals surface area contributed by atoms with Crippen molar-refractivity contribution in [2.45, 2.75) is 52.1 Å². The van der Waals surface area contributed by atoms with Gasteiger partial charge in [-0.2, -0.15) is 0 Å². The first kappa shape index (κ1) is 16.8. The topological polar surface area (TPSA) is 15.3 Å². The minimum absolute atomic E-state index is 0. The molecule has 2 aliphatic rings. The summed E-state index contributed by atoms with van der Waals surface area (Å²) in [6.07, 6.45) is 5.55. The van der Waals surface area contributed by atoms with E-state index in [2.05, 4.69) is 42.3 Å². The van der Waals surface area contributed by atoms with Crippen LogP contribution >= 0.6 is 12.4 Å². The number of hydrogen-bond acceptors (Lipinski definition) is 2. The molecule has 3 heteroatoms. The average Bonchev–Trinajstić information content (AvgIpc) is 3.26. The lowest BCUT2D eigenvalue weighted by Crippen LogP contribution is -2.42. The zero-order valence-electron chi connectivity index (χ0n) is 13.4. The van der Waals surface area contributed by atoms with Crippen molar-refractivity contribution in [1.29, 1.82) is 0 Å². The Morgan fingerprint density at radius 3 is 2.38 bits per heavy atom. The first-order valence-electron chi connectivity index (χ1n) is 8.22. The van der Waals surface area contributed by atoms with Crippen molar-refractivity contribution in [2.24, 2.45) is 5.92 Å². The Labute approximate surface area is 135 Å². The highest BCUT2D eigenvalue weighted by Gasteiger charge is 2.24. The Balaban J connectivity index is 0.00000161. The van der Waals surface area contributed by atoms with E-state index in [0.717, 1.165) is 18.5 Å². The first-order valence-corrected chi connectivity index (χ1v) is 8.22. The predicted molar refractivity (Wildman–Crippen MR) is 92.2 cm³/mol. The summed E-state index contributed by atoms with van der Waals surface area (Å²) in [7, 11) is 0. The lowest BCUT2D eigenvalue weighted by molar-refractivity contribution is 0.190. The summed E-state index contributed by atoms with van der Waals surface area (Å²) in [4.78, 5) is 2.61. The maximum atomic E-state index is 3.76. The minimum Gasteiger partial charge on any atom is -0.314 e. The Kier molecular flexibility index (Phi) is 6.09. The SMILES string of the molecule is Cc1ccc(CN2CCC(NCC3CC3)CC2)cc1C.Cl. The molecule has 0 radical (unpaired) electrons. The van der Waals surface area contributed by atoms with Crippen LogP contribution in [0.1, 0.15) is 42.4 Å². The van der Waals surface area contributed by atoms with Gasteiger partial charge in [0.15, 0.2) is 0 Å². The molecule has 1 saturated carbocycles. The summed E-state index contributed by atoms with van der Waals surface area (Å²) in [6, 6.07) is 7.67. The van der Waals surface area contributed by atoms with Crippen LogP contribution in [0.2, 0.25) is 0 Å². The van der Waals surface area contributed by atoms with Gasteiger partial charge < -0.3 is 5.32 Å². The van der Waals surface area contributed by atoms with Crippen LogP contribution in [0.5, 0.6) is 0 Å². The number of halogens is 1. The van der Waals surface area contributed by atoms with E-state index in [9.17, 15) is 0 Å². The molecule has 1 N–H and O–H groups in total. The highest BCUT2D eigenvalue weighted by Crippen LogP contribution is 2.28. The second kappa shape index (κ2) is 7.62. The molecule has 1 saturated heterocycles. The molecular formula is C18H29ClN2. The van der Waals surface area contributed by atoms with E-state index in [1.807, 2.05) is 0 Å². The van der Waals surface area contributed by atoms with Crippen LogP contribution in [0, 0.1) is 19.8 Å². The molecular weight excluding hydrogens is 280 g/mol. The zero-order valence-corrected chi connectivity index (χ0v) is 14.2. The van der Waals surface area contributed by atoms with Crippen LogP contribution in [-0.2, 0) is 6.54 Å². The van der Waals surface area contributed by atoms with Gasteiger partial charge in [0.2, 0.25) is 0 Å². The van der Waals surface area contributed by atoms with E-state index in [0.29, 0.717) is 0 Å². The van der Waals surface area contributed by atoms with E-state index in [4.69, 9.17) is 0 Å². The third-order valence-electron chi connectivity index (χ3n) is 4.96. The van der Waals surface area contributed by atoms with Crippen molar-refractivity contribution >= 4 is 12.4 Å². The fraction of sp³-hybridized carbons (Fsp3) is 0.667. The van der Waals surface area contributed by atoms with Crippen LogP contribution in [0.15, 0.2) is 18.2 Å². The van der Waals surface area contributed by atoms with Gasteiger partial charge in [-0.05, 0) is 81.8 Å². The number of rotatable bonds is 5. The molecule has 1 aromatic rings. The van der Waals surface area contributed by atoms with E-state index in [-0.39, 0.29) is 12.4 Å². The van der Waals surface area contributed by atoms with Crippen LogP contribution in [0.3, 0.4) is 0 Å². The van der Waals surface area contributed by atoms with Gasteiger partial charge in [0.1, 0.15) is 0 Å². The summed E-state index contributed by atoms with van der Waals surface area (Å²) in [5.74, 6) is 1.00. The molecule has 0 amide bonds. The second-order valence-corrected chi connectivity index (χ2v) is 6.82. The van der Waals surface area contributed by atoms with Crippen molar-refractivity contribution in [3.8, 4) is 0 Å². The summed E-state index contributed by atoms with van der Waals surface area (Å²) in [5.41, 5.74) is 4.29. The number of aryl methyl sites for hydroxylation is 2. The molecule has 0 spiro atoms. The maximum absolute atomic E-state index is 3.76. The van der Waals surface area contributed by atoms with Gasteiger partial charge in [0.25, 0.3) is 0 Å². The molecule has 1 aromatic carbocycles. The maximum Gasteiger partial charge on any atom is 0.0233 e. The largest absolute Gasteiger partial charge is 0.314 e. The Morgan fingerprint density at radius 1 is 1.05 bits per heavy atom. The third-order valence-corrected chi connectivity index (χ3v) is 4.96. The van der Waals surface area contributed by atoms with Crippen molar-refractivity contribution in [2.75, 3.05) is 19.6 Å². The number of likely N-dealkylation sites (tertiary alicyclic amines) is 1. The normalized spacial score (nSPS) is 20.3. The molecule has 21 heavy (non-hydrogen) atoms. The summed E-state index contributed by atoms with van der Waals surface area (Å²) < 4.78 is 0. The minimum atomic E-state index is 0. The van der Waals surface area contributed by atoms with Crippen LogP contribution < -0.4 is 5.32 Å². The monoisotopic (exact) mass is 308 g/mol. The van der Waals surface area contributed by atoms with Crippen molar-refractivity contribution in [1.82, 2.24) is 10.2 Å². The van der Waals surface area contributed by atoms with Crippen LogP contribution in [0.25, 0.3) is 0 Å². The highest BCUT2D eigenvalue weighted by molar-refractivity contribution is 5.85. The van der Waals surface area contributed by atoms with Crippen molar-refractivity contribution < 1.29 is 0 Å². The highest BCUT2D eigenvalue weighted by atomic mass is 35.5. The number of piperidine rings is 1. The molecule has 2 nitrogen and oxygen atoms in total. The van der Waals surface area contributed by atoms with E-state index >= 15 is 0 Å². The van der Waals surface area contributed by atoms with Crippen molar-refractivity contribution in [3.63, 3.8) is 0 Å². The van der Waals surface area contributed by atoms with E-state index in [1.54, 1.807) is 0 Å². The number of benzene rings is 1. The van der Waals surface area contributed by atoms with Gasteiger partial charge >= 0.3 is 0 Å². The van der Waals surface area contributed by atoms with Gasteiger partial charge in [-0.3, -0.25) is 4.90 Å². The Bertz CT molecular complexity index is 449. The number of hydrogen-bond donors (Lipinski definition) is 1.